The summed E-state index contributed by atoms with van der Waals surface area (Å²) in [5.74, 6) is -0.788. The van der Waals surface area contributed by atoms with Crippen molar-refractivity contribution in [2.24, 2.45) is 5.73 Å². The van der Waals surface area contributed by atoms with Gasteiger partial charge in [-0.3, -0.25) is 4.98 Å². The molecule has 2 heterocycles. The largest absolute Gasteiger partial charge is 0.491 e. The van der Waals surface area contributed by atoms with Crippen LogP contribution >= 0.6 is 0 Å². The van der Waals surface area contributed by atoms with E-state index in [1.54, 1.807) is 24.3 Å². The molecule has 0 bridgehead atoms. The number of benzene rings is 1. The van der Waals surface area contributed by atoms with Crippen LogP contribution in [0.4, 0.5) is 0 Å². The summed E-state index contributed by atoms with van der Waals surface area (Å²) in [6.45, 7) is 8.02. The number of nitrogens with one attached hydrogen (secondary N) is 1. The molecule has 2 aromatic rings. The first-order valence-electron chi connectivity index (χ1n) is 8.07. The molecule has 1 aliphatic heterocycles. The molecule has 0 amide bonds. The Labute approximate surface area is 145 Å². The highest BCUT2D eigenvalue weighted by Gasteiger charge is 2.52. The lowest BCUT2D eigenvalue weighted by molar-refractivity contribution is 0.00578. The number of aromatic amines is 1. The van der Waals surface area contributed by atoms with E-state index in [2.05, 4.69) is 9.40 Å². The number of H-pyrrole nitrogens is 1. The lowest BCUT2D eigenvalue weighted by Gasteiger charge is -2.32. The standard InChI is InChI=1S/C17H21BN2O5/c1-16(2)17(3,4)25-18(24-16)11(9-19)8-10-6-5-7-12-13(10)14(21)23-15(22)20-12/h5-8H,9,19H2,1-4H3,(H,20,22). The predicted molar refractivity (Wildman–Crippen MR) is 96.2 cm³/mol. The van der Waals surface area contributed by atoms with Crippen molar-refractivity contribution in [2.45, 2.75) is 38.9 Å². The minimum Gasteiger partial charge on any atom is -0.400 e. The molecule has 0 spiro atoms. The van der Waals surface area contributed by atoms with Gasteiger partial charge in [-0.25, -0.2) is 9.59 Å². The number of nitrogens with two attached hydrogens (primary N) is 1. The molecule has 1 aliphatic rings. The summed E-state index contributed by atoms with van der Waals surface area (Å²) >= 11 is 0. The molecular formula is C17H21BN2O5. The Morgan fingerprint density at radius 3 is 2.44 bits per heavy atom. The Bertz CT molecular complexity index is 941. The zero-order valence-corrected chi connectivity index (χ0v) is 14.7. The molecule has 132 valence electrons. The van der Waals surface area contributed by atoms with E-state index in [9.17, 15) is 9.59 Å². The SMILES string of the molecule is CC1(C)OB(C(=Cc2cccc3[nH]c(=O)oc(=O)c23)CN)OC1(C)C. The molecule has 0 radical (unpaired) electrons. The summed E-state index contributed by atoms with van der Waals surface area (Å²) < 4.78 is 16.7. The molecule has 3 N–H and O–H groups in total. The minimum atomic E-state index is -0.788. The second kappa shape index (κ2) is 5.98. The van der Waals surface area contributed by atoms with Crippen LogP contribution in [-0.4, -0.2) is 29.8 Å². The maximum absolute atomic E-state index is 12.1. The third-order valence-electron chi connectivity index (χ3n) is 4.86. The molecule has 1 aromatic carbocycles. The zero-order valence-electron chi connectivity index (χ0n) is 14.7. The topological polar surface area (TPSA) is 108 Å². The van der Waals surface area contributed by atoms with Gasteiger partial charge in [-0.1, -0.05) is 18.2 Å². The molecule has 1 aromatic heterocycles. The minimum absolute atomic E-state index is 0.196. The van der Waals surface area contributed by atoms with Crippen molar-refractivity contribution in [3.8, 4) is 0 Å². The molecule has 25 heavy (non-hydrogen) atoms. The molecular weight excluding hydrogens is 323 g/mol. The second-order valence-electron chi connectivity index (χ2n) is 7.08. The van der Waals surface area contributed by atoms with Crippen molar-refractivity contribution in [1.29, 1.82) is 0 Å². The van der Waals surface area contributed by atoms with E-state index < -0.39 is 29.7 Å². The number of fused-ring (bicyclic) bond motifs is 1. The first-order valence-corrected chi connectivity index (χ1v) is 8.07. The Kier molecular flexibility index (Phi) is 4.22. The van der Waals surface area contributed by atoms with Gasteiger partial charge in [0.2, 0.25) is 0 Å². The van der Waals surface area contributed by atoms with Gasteiger partial charge in [-0.2, -0.15) is 0 Å². The van der Waals surface area contributed by atoms with E-state index in [1.165, 1.54) is 0 Å². The van der Waals surface area contributed by atoms with E-state index in [-0.39, 0.29) is 11.9 Å². The van der Waals surface area contributed by atoms with Gasteiger partial charge in [0.15, 0.2) is 0 Å². The van der Waals surface area contributed by atoms with E-state index in [0.29, 0.717) is 16.6 Å². The van der Waals surface area contributed by atoms with Gasteiger partial charge >= 0.3 is 18.5 Å². The third-order valence-corrected chi connectivity index (χ3v) is 4.86. The number of aromatic nitrogens is 1. The van der Waals surface area contributed by atoms with Crippen molar-refractivity contribution < 1.29 is 13.7 Å². The van der Waals surface area contributed by atoms with Crippen molar-refractivity contribution in [2.75, 3.05) is 6.54 Å². The fourth-order valence-corrected chi connectivity index (χ4v) is 2.71. The monoisotopic (exact) mass is 344 g/mol. The lowest BCUT2D eigenvalue weighted by atomic mass is 9.77. The zero-order chi connectivity index (χ0) is 18.4. The van der Waals surface area contributed by atoms with E-state index >= 15 is 0 Å². The van der Waals surface area contributed by atoms with Crippen LogP contribution < -0.4 is 17.1 Å². The highest BCUT2D eigenvalue weighted by atomic mass is 16.7. The van der Waals surface area contributed by atoms with Crippen LogP contribution in [0.3, 0.4) is 0 Å². The molecule has 1 saturated heterocycles. The van der Waals surface area contributed by atoms with Crippen LogP contribution in [0.5, 0.6) is 0 Å². The molecule has 7 nitrogen and oxygen atoms in total. The summed E-state index contributed by atoms with van der Waals surface area (Å²) in [6, 6.07) is 5.13. The van der Waals surface area contributed by atoms with Crippen LogP contribution in [-0.2, 0) is 9.31 Å². The summed E-state index contributed by atoms with van der Waals surface area (Å²) in [4.78, 5) is 26.0. The van der Waals surface area contributed by atoms with Crippen molar-refractivity contribution in [1.82, 2.24) is 4.98 Å². The predicted octanol–water partition coefficient (Wildman–Crippen LogP) is 1.45. The van der Waals surface area contributed by atoms with Crippen LogP contribution in [0, 0.1) is 0 Å². The maximum atomic E-state index is 12.1. The first-order chi connectivity index (χ1) is 11.6. The summed E-state index contributed by atoms with van der Waals surface area (Å²) in [7, 11) is -0.611. The summed E-state index contributed by atoms with van der Waals surface area (Å²) in [6.07, 6.45) is 1.75. The van der Waals surface area contributed by atoms with Crippen LogP contribution in [0.15, 0.2) is 37.7 Å². The highest BCUT2D eigenvalue weighted by Crippen LogP contribution is 2.38. The average Bonchev–Trinajstić information content (AvgIpc) is 2.72. The lowest BCUT2D eigenvalue weighted by Crippen LogP contribution is -2.41. The quantitative estimate of drug-likeness (QED) is 0.816. The Morgan fingerprint density at radius 1 is 1.20 bits per heavy atom. The average molecular weight is 344 g/mol. The van der Waals surface area contributed by atoms with Crippen molar-refractivity contribution in [3.63, 3.8) is 0 Å². The fraction of sp³-hybridized carbons (Fsp3) is 0.412. The summed E-state index contributed by atoms with van der Waals surface area (Å²) in [5, 5.41) is 0.282. The maximum Gasteiger partial charge on any atom is 0.491 e. The molecule has 1 fully saturated rings. The van der Waals surface area contributed by atoms with Gasteiger partial charge in [-0.15, -0.1) is 0 Å². The van der Waals surface area contributed by atoms with Gasteiger partial charge in [0.05, 0.1) is 22.1 Å². The van der Waals surface area contributed by atoms with E-state index in [4.69, 9.17) is 15.0 Å². The van der Waals surface area contributed by atoms with Crippen LogP contribution in [0.1, 0.15) is 33.3 Å². The Morgan fingerprint density at radius 2 is 1.84 bits per heavy atom. The van der Waals surface area contributed by atoms with Crippen LogP contribution in [0.25, 0.3) is 17.0 Å². The highest BCUT2D eigenvalue weighted by molar-refractivity contribution is 6.56. The number of rotatable bonds is 3. The van der Waals surface area contributed by atoms with E-state index in [1.807, 2.05) is 27.7 Å². The van der Waals surface area contributed by atoms with Gasteiger partial charge in [0.1, 0.15) is 0 Å². The van der Waals surface area contributed by atoms with Crippen LogP contribution in [0.2, 0.25) is 0 Å². The van der Waals surface area contributed by atoms with Gasteiger partial charge in [-0.05, 0) is 44.8 Å². The Hall–Kier alpha value is -2.16. The first kappa shape index (κ1) is 17.7. The molecule has 8 heteroatoms. The molecule has 0 aliphatic carbocycles. The second-order valence-corrected chi connectivity index (χ2v) is 7.08. The van der Waals surface area contributed by atoms with Crippen molar-refractivity contribution >= 4 is 24.1 Å². The van der Waals surface area contributed by atoms with Gasteiger partial charge < -0.3 is 19.5 Å². The number of hydrogen-bond acceptors (Lipinski definition) is 6. The Balaban J connectivity index is 2.09. The molecule has 3 rings (SSSR count). The summed E-state index contributed by atoms with van der Waals surface area (Å²) in [5.41, 5.74) is 5.89. The third kappa shape index (κ3) is 3.08. The van der Waals surface area contributed by atoms with E-state index in [0.717, 1.165) is 0 Å². The molecule has 0 saturated carbocycles. The van der Waals surface area contributed by atoms with Gasteiger partial charge in [0.25, 0.3) is 0 Å². The molecule has 0 atom stereocenters. The van der Waals surface area contributed by atoms with Gasteiger partial charge in [0, 0.05) is 6.54 Å². The van der Waals surface area contributed by atoms with Crippen molar-refractivity contribution in [3.05, 3.63) is 50.2 Å². The smallest absolute Gasteiger partial charge is 0.400 e. The number of hydrogen-bond donors (Lipinski definition) is 2. The normalized spacial score (nSPS) is 19.6. The fourth-order valence-electron chi connectivity index (χ4n) is 2.71. The molecule has 0 unspecified atom stereocenters.